The van der Waals surface area contributed by atoms with Gasteiger partial charge in [0.05, 0.1) is 6.54 Å². The zero-order valence-corrected chi connectivity index (χ0v) is 16.2. The Morgan fingerprint density at radius 2 is 1.96 bits per heavy atom. The predicted molar refractivity (Wildman–Crippen MR) is 108 cm³/mol. The third kappa shape index (κ3) is 3.81. The lowest BCUT2D eigenvalue weighted by Gasteiger charge is -2.26. The van der Waals surface area contributed by atoms with E-state index in [-0.39, 0.29) is 0 Å². The molecule has 3 heterocycles. The number of aliphatic imine (C=N–C) groups is 1. The van der Waals surface area contributed by atoms with Crippen molar-refractivity contribution in [2.45, 2.75) is 58.4 Å². The summed E-state index contributed by atoms with van der Waals surface area (Å²) in [5.41, 5.74) is 1.84. The summed E-state index contributed by atoms with van der Waals surface area (Å²) in [6.45, 7) is 8.44. The van der Waals surface area contributed by atoms with Crippen LogP contribution in [-0.2, 0) is 6.54 Å². The molecule has 2 aliphatic heterocycles. The first-order chi connectivity index (χ1) is 12.8. The van der Waals surface area contributed by atoms with Crippen molar-refractivity contribution in [2.75, 3.05) is 37.6 Å². The van der Waals surface area contributed by atoms with Crippen molar-refractivity contribution < 1.29 is 0 Å². The lowest BCUT2D eigenvalue weighted by Crippen LogP contribution is -2.41. The topological polar surface area (TPSA) is 43.8 Å². The van der Waals surface area contributed by atoms with Gasteiger partial charge in [0, 0.05) is 38.9 Å². The maximum Gasteiger partial charge on any atom is 0.194 e. The first kappa shape index (κ1) is 17.6. The van der Waals surface area contributed by atoms with E-state index in [1.54, 1.807) is 0 Å². The van der Waals surface area contributed by atoms with E-state index in [0.29, 0.717) is 5.41 Å². The van der Waals surface area contributed by atoms with Crippen LogP contribution in [0.2, 0.25) is 0 Å². The van der Waals surface area contributed by atoms with Crippen molar-refractivity contribution in [3.8, 4) is 0 Å². The fourth-order valence-corrected chi connectivity index (χ4v) is 4.92. The SMILES string of the molecule is CCNC(=NCc1ccnc(N2CCCC2)c1)N1CCC2(CCCC2)C1. The summed E-state index contributed by atoms with van der Waals surface area (Å²) < 4.78 is 0. The van der Waals surface area contributed by atoms with Gasteiger partial charge in [-0.15, -0.1) is 0 Å². The van der Waals surface area contributed by atoms with Crippen LogP contribution in [0.5, 0.6) is 0 Å². The highest BCUT2D eigenvalue weighted by molar-refractivity contribution is 5.80. The lowest BCUT2D eigenvalue weighted by atomic mass is 9.86. The maximum atomic E-state index is 4.97. The van der Waals surface area contributed by atoms with Gasteiger partial charge in [-0.25, -0.2) is 9.98 Å². The molecular weight excluding hydrogens is 322 g/mol. The second-order valence-electron chi connectivity index (χ2n) is 8.27. The average Bonchev–Trinajstić information content (AvgIpc) is 3.43. The molecule has 3 aliphatic rings. The number of hydrogen-bond donors (Lipinski definition) is 1. The predicted octanol–water partition coefficient (Wildman–Crippen LogP) is 3.41. The summed E-state index contributed by atoms with van der Waals surface area (Å²) in [7, 11) is 0. The van der Waals surface area contributed by atoms with E-state index in [1.165, 1.54) is 57.1 Å². The zero-order valence-electron chi connectivity index (χ0n) is 16.2. The Morgan fingerprint density at radius 1 is 1.15 bits per heavy atom. The average molecular weight is 356 g/mol. The number of nitrogens with one attached hydrogen (secondary N) is 1. The Balaban J connectivity index is 1.44. The minimum atomic E-state index is 0.579. The van der Waals surface area contributed by atoms with E-state index in [4.69, 9.17) is 4.99 Å². The number of rotatable bonds is 4. The molecule has 1 spiro atoms. The molecule has 5 heteroatoms. The smallest absolute Gasteiger partial charge is 0.194 e. The molecule has 1 aliphatic carbocycles. The number of pyridine rings is 1. The Hall–Kier alpha value is -1.78. The Bertz CT molecular complexity index is 629. The number of guanidine groups is 1. The van der Waals surface area contributed by atoms with Gasteiger partial charge >= 0.3 is 0 Å². The summed E-state index contributed by atoms with van der Waals surface area (Å²) >= 11 is 0. The van der Waals surface area contributed by atoms with E-state index >= 15 is 0 Å². The van der Waals surface area contributed by atoms with Gasteiger partial charge in [-0.2, -0.15) is 0 Å². The minimum absolute atomic E-state index is 0.579. The van der Waals surface area contributed by atoms with Crippen LogP contribution < -0.4 is 10.2 Å². The summed E-state index contributed by atoms with van der Waals surface area (Å²) in [5.74, 6) is 2.21. The normalized spacial score (nSPS) is 22.6. The van der Waals surface area contributed by atoms with Crippen LogP contribution >= 0.6 is 0 Å². The molecule has 3 fully saturated rings. The molecule has 1 N–H and O–H groups in total. The highest BCUT2D eigenvalue weighted by Crippen LogP contribution is 2.45. The van der Waals surface area contributed by atoms with Crippen LogP contribution in [0.3, 0.4) is 0 Å². The van der Waals surface area contributed by atoms with Gasteiger partial charge in [0.25, 0.3) is 0 Å². The molecule has 1 aromatic rings. The molecular formula is C21H33N5. The van der Waals surface area contributed by atoms with E-state index < -0.39 is 0 Å². The molecule has 0 atom stereocenters. The Labute approximate surface area is 157 Å². The summed E-state index contributed by atoms with van der Waals surface area (Å²) in [4.78, 5) is 14.4. The number of aromatic nitrogens is 1. The standard InChI is InChI=1S/C21H33N5/c1-2-22-20(26-14-10-21(17-26)8-3-4-9-21)24-16-18-7-11-23-19(15-18)25-12-5-6-13-25/h7,11,15H,2-6,8-10,12-14,16-17H2,1H3,(H,22,24). The van der Waals surface area contributed by atoms with Crippen molar-refractivity contribution >= 4 is 11.8 Å². The lowest BCUT2D eigenvalue weighted by molar-refractivity contribution is 0.309. The maximum absolute atomic E-state index is 4.97. The van der Waals surface area contributed by atoms with Crippen molar-refractivity contribution in [3.05, 3.63) is 23.9 Å². The fraction of sp³-hybridized carbons (Fsp3) is 0.714. The molecule has 4 rings (SSSR count). The summed E-state index contributed by atoms with van der Waals surface area (Å²) in [5, 5.41) is 3.52. The molecule has 0 aromatic carbocycles. The van der Waals surface area contributed by atoms with Crippen LogP contribution in [0.1, 0.15) is 57.4 Å². The number of nitrogens with zero attached hydrogens (tertiary/aromatic N) is 4. The van der Waals surface area contributed by atoms with Gasteiger partial charge in [0.2, 0.25) is 0 Å². The first-order valence-electron chi connectivity index (χ1n) is 10.5. The Morgan fingerprint density at radius 3 is 2.73 bits per heavy atom. The molecule has 0 radical (unpaired) electrons. The van der Waals surface area contributed by atoms with Gasteiger partial charge in [0.15, 0.2) is 5.96 Å². The first-order valence-corrected chi connectivity index (χ1v) is 10.5. The van der Waals surface area contributed by atoms with E-state index in [9.17, 15) is 0 Å². The highest BCUT2D eigenvalue weighted by Gasteiger charge is 2.41. The monoisotopic (exact) mass is 355 g/mol. The number of hydrogen-bond acceptors (Lipinski definition) is 3. The van der Waals surface area contributed by atoms with Crippen molar-refractivity contribution in [1.82, 2.24) is 15.2 Å². The van der Waals surface area contributed by atoms with Gasteiger partial charge < -0.3 is 15.1 Å². The second-order valence-corrected chi connectivity index (χ2v) is 8.27. The van der Waals surface area contributed by atoms with Gasteiger partial charge in [-0.05, 0) is 62.1 Å². The fourth-order valence-electron chi connectivity index (χ4n) is 4.92. The second kappa shape index (κ2) is 7.85. The molecule has 2 saturated heterocycles. The van der Waals surface area contributed by atoms with Crippen molar-refractivity contribution in [3.63, 3.8) is 0 Å². The van der Waals surface area contributed by atoms with Gasteiger partial charge in [-0.1, -0.05) is 12.8 Å². The molecule has 142 valence electrons. The highest BCUT2D eigenvalue weighted by atomic mass is 15.3. The van der Waals surface area contributed by atoms with Crippen LogP contribution in [-0.4, -0.2) is 48.6 Å². The van der Waals surface area contributed by atoms with Crippen LogP contribution in [0.15, 0.2) is 23.3 Å². The largest absolute Gasteiger partial charge is 0.357 e. The molecule has 5 nitrogen and oxygen atoms in total. The molecule has 1 saturated carbocycles. The van der Waals surface area contributed by atoms with Gasteiger partial charge in [0.1, 0.15) is 5.82 Å². The zero-order chi connectivity index (χ0) is 17.8. The number of likely N-dealkylation sites (tertiary alicyclic amines) is 1. The molecule has 1 aromatic heterocycles. The molecule has 26 heavy (non-hydrogen) atoms. The number of anilines is 1. The molecule has 0 bridgehead atoms. The summed E-state index contributed by atoms with van der Waals surface area (Å²) in [6, 6.07) is 4.33. The van der Waals surface area contributed by atoms with E-state index in [0.717, 1.165) is 44.5 Å². The molecule has 0 amide bonds. The minimum Gasteiger partial charge on any atom is -0.357 e. The van der Waals surface area contributed by atoms with Crippen molar-refractivity contribution in [2.24, 2.45) is 10.4 Å². The molecule has 0 unspecified atom stereocenters. The van der Waals surface area contributed by atoms with Crippen LogP contribution in [0.25, 0.3) is 0 Å². The van der Waals surface area contributed by atoms with Crippen LogP contribution in [0, 0.1) is 5.41 Å². The third-order valence-electron chi connectivity index (χ3n) is 6.39. The van der Waals surface area contributed by atoms with E-state index in [1.807, 2.05) is 6.20 Å². The summed E-state index contributed by atoms with van der Waals surface area (Å²) in [6.07, 6.45) is 11.5. The quantitative estimate of drug-likeness (QED) is 0.664. The Kier molecular flexibility index (Phi) is 5.32. The van der Waals surface area contributed by atoms with Crippen LogP contribution in [0.4, 0.5) is 5.82 Å². The third-order valence-corrected chi connectivity index (χ3v) is 6.39. The van der Waals surface area contributed by atoms with E-state index in [2.05, 4.69) is 39.2 Å². The van der Waals surface area contributed by atoms with Gasteiger partial charge in [-0.3, -0.25) is 0 Å². The van der Waals surface area contributed by atoms with Crippen molar-refractivity contribution in [1.29, 1.82) is 0 Å².